The Hall–Kier alpha value is -3.76. The van der Waals surface area contributed by atoms with Crippen LogP contribution in [0.4, 0.5) is 13.2 Å². The number of amides is 4. The van der Waals surface area contributed by atoms with Crippen molar-refractivity contribution < 1.29 is 32.3 Å². The fourth-order valence-electron chi connectivity index (χ4n) is 4.81. The Morgan fingerprint density at radius 3 is 2.63 bits per heavy atom. The van der Waals surface area contributed by atoms with Crippen molar-refractivity contribution in [1.82, 2.24) is 20.5 Å². The summed E-state index contributed by atoms with van der Waals surface area (Å²) in [6.45, 7) is 0.0617. The predicted octanol–water partition coefficient (Wildman–Crippen LogP) is 2.48. The van der Waals surface area contributed by atoms with Gasteiger partial charge in [0.2, 0.25) is 11.8 Å². The molecule has 2 aliphatic heterocycles. The molecule has 1 saturated carbocycles. The van der Waals surface area contributed by atoms with Crippen LogP contribution < -0.4 is 10.6 Å². The molecule has 0 radical (unpaired) electrons. The van der Waals surface area contributed by atoms with Crippen molar-refractivity contribution in [3.63, 3.8) is 0 Å². The van der Waals surface area contributed by atoms with Gasteiger partial charge in [-0.3, -0.25) is 29.5 Å². The Bertz CT molecular complexity index is 1260. The SMILES string of the molecule is O=C1CC[C@H](N2Cc3cc(C(=O)N[C@H](c4ncc(F)cc4F)C4(F)CCC4)ccc3C2=O)C(=O)N1. The van der Waals surface area contributed by atoms with E-state index in [2.05, 4.69) is 15.6 Å². The standard InChI is InChI=1S/C24H21F3N4O4/c25-14-9-16(26)19(28-10-14)20(24(27)6-1-7-24)30-21(33)12-2-3-15-13(8-12)11-31(23(15)35)17-4-5-18(32)29-22(17)34/h2-3,8-10,17,20H,1,4-7,11H2,(H,30,33)(H,29,32,34)/t17-,20+/m0/s1. The average Bonchev–Trinajstić information content (AvgIpc) is 3.12. The molecule has 182 valence electrons. The molecule has 0 spiro atoms. The zero-order chi connectivity index (χ0) is 24.9. The van der Waals surface area contributed by atoms with Crippen LogP contribution in [0.3, 0.4) is 0 Å². The van der Waals surface area contributed by atoms with E-state index in [1.54, 1.807) is 0 Å². The van der Waals surface area contributed by atoms with Crippen LogP contribution in [0.25, 0.3) is 0 Å². The number of nitrogens with one attached hydrogen (secondary N) is 2. The molecule has 2 aromatic rings. The van der Waals surface area contributed by atoms with E-state index in [4.69, 9.17) is 0 Å². The van der Waals surface area contributed by atoms with Crippen LogP contribution in [0.2, 0.25) is 0 Å². The quantitative estimate of drug-likeness (QED) is 0.632. The van der Waals surface area contributed by atoms with Crippen LogP contribution in [0, 0.1) is 11.6 Å². The van der Waals surface area contributed by atoms with Crippen molar-refractivity contribution in [1.29, 1.82) is 0 Å². The summed E-state index contributed by atoms with van der Waals surface area (Å²) in [5.74, 6) is -4.02. The van der Waals surface area contributed by atoms with Crippen LogP contribution in [0.5, 0.6) is 0 Å². The van der Waals surface area contributed by atoms with Crippen molar-refractivity contribution in [3.8, 4) is 0 Å². The van der Waals surface area contributed by atoms with Crippen LogP contribution in [-0.4, -0.2) is 45.2 Å². The van der Waals surface area contributed by atoms with E-state index < -0.39 is 53.0 Å². The number of fused-ring (bicyclic) bond motifs is 1. The summed E-state index contributed by atoms with van der Waals surface area (Å²) in [5.41, 5.74) is -1.39. The Labute approximate surface area is 197 Å². The van der Waals surface area contributed by atoms with Gasteiger partial charge in [-0.15, -0.1) is 0 Å². The molecule has 2 atom stereocenters. The van der Waals surface area contributed by atoms with Gasteiger partial charge in [-0.05, 0) is 49.4 Å². The lowest BCUT2D eigenvalue weighted by Gasteiger charge is -2.40. The van der Waals surface area contributed by atoms with Gasteiger partial charge in [-0.1, -0.05) is 0 Å². The summed E-state index contributed by atoms with van der Waals surface area (Å²) in [5, 5.41) is 4.72. The number of pyridine rings is 1. The molecule has 0 unspecified atom stereocenters. The summed E-state index contributed by atoms with van der Waals surface area (Å²) in [6, 6.07) is 2.67. The lowest BCUT2D eigenvalue weighted by Crippen LogP contribution is -2.52. The molecule has 0 bridgehead atoms. The van der Waals surface area contributed by atoms with Gasteiger partial charge >= 0.3 is 0 Å². The van der Waals surface area contributed by atoms with Gasteiger partial charge in [0.25, 0.3) is 11.8 Å². The number of rotatable bonds is 5. The molecule has 5 rings (SSSR count). The van der Waals surface area contributed by atoms with Gasteiger partial charge in [0.05, 0.1) is 6.20 Å². The minimum Gasteiger partial charge on any atom is -0.340 e. The molecular formula is C24H21F3N4O4. The zero-order valence-electron chi connectivity index (χ0n) is 18.4. The molecule has 3 aliphatic rings. The van der Waals surface area contributed by atoms with Crippen LogP contribution >= 0.6 is 0 Å². The summed E-state index contributed by atoms with van der Waals surface area (Å²) >= 11 is 0. The van der Waals surface area contributed by atoms with Crippen molar-refractivity contribution in [2.45, 2.75) is 56.4 Å². The average molecular weight is 486 g/mol. The molecule has 1 aromatic carbocycles. The van der Waals surface area contributed by atoms with Crippen LogP contribution in [-0.2, 0) is 16.1 Å². The van der Waals surface area contributed by atoms with E-state index in [1.165, 1.54) is 23.1 Å². The molecular weight excluding hydrogens is 465 g/mol. The van der Waals surface area contributed by atoms with Gasteiger partial charge in [-0.25, -0.2) is 13.2 Å². The minimum atomic E-state index is -1.92. The summed E-state index contributed by atoms with van der Waals surface area (Å²) in [6.07, 6.45) is 1.83. The highest BCUT2D eigenvalue weighted by Gasteiger charge is 2.48. The largest absolute Gasteiger partial charge is 0.340 e. The lowest BCUT2D eigenvalue weighted by atomic mass is 9.75. The molecule has 11 heteroatoms. The Morgan fingerprint density at radius 1 is 1.20 bits per heavy atom. The Morgan fingerprint density at radius 2 is 1.97 bits per heavy atom. The number of nitrogens with zero attached hydrogens (tertiary/aromatic N) is 2. The van der Waals surface area contributed by atoms with E-state index >= 15 is 4.39 Å². The molecule has 3 heterocycles. The monoisotopic (exact) mass is 486 g/mol. The van der Waals surface area contributed by atoms with Gasteiger partial charge in [0, 0.05) is 30.2 Å². The lowest BCUT2D eigenvalue weighted by molar-refractivity contribution is -0.136. The first-order chi connectivity index (χ1) is 16.7. The minimum absolute atomic E-state index is 0.0617. The number of carbonyl (C=O) groups excluding carboxylic acids is 4. The van der Waals surface area contributed by atoms with Crippen molar-refractivity contribution in [3.05, 3.63) is 64.5 Å². The number of alkyl halides is 1. The topological polar surface area (TPSA) is 108 Å². The highest BCUT2D eigenvalue weighted by molar-refractivity contribution is 6.06. The first-order valence-corrected chi connectivity index (χ1v) is 11.2. The molecule has 35 heavy (non-hydrogen) atoms. The number of halogens is 3. The maximum atomic E-state index is 15.4. The molecule has 2 fully saturated rings. The van der Waals surface area contributed by atoms with Crippen molar-refractivity contribution >= 4 is 23.6 Å². The number of aromatic nitrogens is 1. The Kier molecular flexibility index (Phi) is 5.57. The van der Waals surface area contributed by atoms with E-state index in [0.29, 0.717) is 23.6 Å². The van der Waals surface area contributed by atoms with Gasteiger partial charge in [0.15, 0.2) is 0 Å². The number of benzene rings is 1. The number of carbonyl (C=O) groups is 4. The molecule has 1 aromatic heterocycles. The van der Waals surface area contributed by atoms with E-state index in [0.717, 1.165) is 6.20 Å². The van der Waals surface area contributed by atoms with E-state index in [-0.39, 0.29) is 43.5 Å². The van der Waals surface area contributed by atoms with E-state index in [9.17, 15) is 28.0 Å². The van der Waals surface area contributed by atoms with Crippen LogP contribution in [0.15, 0.2) is 30.5 Å². The van der Waals surface area contributed by atoms with Crippen molar-refractivity contribution in [2.24, 2.45) is 0 Å². The number of imide groups is 1. The number of hydrogen-bond acceptors (Lipinski definition) is 5. The third-order valence-electron chi connectivity index (χ3n) is 6.87. The highest BCUT2D eigenvalue weighted by Crippen LogP contribution is 2.45. The second-order valence-corrected chi connectivity index (χ2v) is 9.09. The summed E-state index contributed by atoms with van der Waals surface area (Å²) < 4.78 is 43.1. The zero-order valence-corrected chi connectivity index (χ0v) is 18.4. The molecule has 8 nitrogen and oxygen atoms in total. The Balaban J connectivity index is 1.38. The maximum absolute atomic E-state index is 15.4. The van der Waals surface area contributed by atoms with Gasteiger partial charge in [0.1, 0.15) is 35.1 Å². The van der Waals surface area contributed by atoms with Crippen LogP contribution in [0.1, 0.15) is 70.1 Å². The molecule has 1 saturated heterocycles. The second-order valence-electron chi connectivity index (χ2n) is 9.09. The summed E-state index contributed by atoms with van der Waals surface area (Å²) in [7, 11) is 0. The third kappa shape index (κ3) is 4.04. The smallest absolute Gasteiger partial charge is 0.255 e. The maximum Gasteiger partial charge on any atom is 0.255 e. The van der Waals surface area contributed by atoms with Gasteiger partial charge < -0.3 is 10.2 Å². The fourth-order valence-corrected chi connectivity index (χ4v) is 4.81. The predicted molar refractivity (Wildman–Crippen MR) is 115 cm³/mol. The first kappa shape index (κ1) is 23.0. The summed E-state index contributed by atoms with van der Waals surface area (Å²) in [4.78, 5) is 54.6. The normalized spacial score (nSPS) is 21.7. The first-order valence-electron chi connectivity index (χ1n) is 11.2. The fraction of sp³-hybridized carbons (Fsp3) is 0.375. The van der Waals surface area contributed by atoms with E-state index in [1.807, 2.05) is 0 Å². The molecule has 1 aliphatic carbocycles. The van der Waals surface area contributed by atoms with Crippen molar-refractivity contribution in [2.75, 3.05) is 0 Å². The molecule has 2 N–H and O–H groups in total. The number of piperidine rings is 1. The van der Waals surface area contributed by atoms with Gasteiger partial charge in [-0.2, -0.15) is 0 Å². The molecule has 4 amide bonds. The third-order valence-corrected chi connectivity index (χ3v) is 6.87. The second kappa shape index (κ2) is 8.47. The highest BCUT2D eigenvalue weighted by atomic mass is 19.1. The number of hydrogen-bond donors (Lipinski definition) is 2.